The lowest BCUT2D eigenvalue weighted by Crippen LogP contribution is -2.37. The molecule has 0 unspecified atom stereocenters. The highest BCUT2D eigenvalue weighted by atomic mass is 19.4. The first-order chi connectivity index (χ1) is 10.4. The maximum atomic E-state index is 12.0. The molecule has 2 aromatic rings. The van der Waals surface area contributed by atoms with E-state index in [-0.39, 0.29) is 6.54 Å². The number of carbonyl (C=O) groups is 1. The van der Waals surface area contributed by atoms with Crippen molar-refractivity contribution >= 4 is 11.6 Å². The second-order valence-electron chi connectivity index (χ2n) is 4.65. The third-order valence-electron chi connectivity index (χ3n) is 2.90. The topological polar surface area (TPSA) is 68.5 Å². The maximum Gasteiger partial charge on any atom is 0.411 e. The van der Waals surface area contributed by atoms with Gasteiger partial charge in [-0.25, -0.2) is 0 Å². The molecule has 2 aromatic heterocycles. The third kappa shape index (κ3) is 4.42. The van der Waals surface area contributed by atoms with E-state index in [0.29, 0.717) is 17.9 Å². The largest absolute Gasteiger partial charge is 0.411 e. The van der Waals surface area contributed by atoms with Crippen LogP contribution in [-0.2, 0) is 16.0 Å². The molecular weight excluding hydrogens is 301 g/mol. The Morgan fingerprint density at radius 3 is 2.91 bits per heavy atom. The molecule has 2 heterocycles. The van der Waals surface area contributed by atoms with Gasteiger partial charge in [0.2, 0.25) is 5.91 Å². The van der Waals surface area contributed by atoms with E-state index in [2.05, 4.69) is 20.3 Å². The lowest BCUT2D eigenvalue weighted by Gasteiger charge is -2.14. The molecule has 0 bridgehead atoms. The summed E-state index contributed by atoms with van der Waals surface area (Å²) in [5.74, 6) is 0.0535. The summed E-state index contributed by atoms with van der Waals surface area (Å²) >= 11 is 0. The van der Waals surface area contributed by atoms with Crippen LogP contribution in [0, 0.1) is 0 Å². The predicted octanol–water partition coefficient (Wildman–Crippen LogP) is 1.36. The van der Waals surface area contributed by atoms with E-state index < -0.39 is 24.8 Å². The van der Waals surface area contributed by atoms with Crippen LogP contribution in [0.25, 0.3) is 5.65 Å². The normalized spacial score (nSPS) is 13.3. The van der Waals surface area contributed by atoms with Crippen molar-refractivity contribution in [1.82, 2.24) is 19.9 Å². The molecule has 0 aromatic carbocycles. The average molecular weight is 316 g/mol. The summed E-state index contributed by atoms with van der Waals surface area (Å²) in [6.45, 7) is 0.0538. The van der Waals surface area contributed by atoms with E-state index in [4.69, 9.17) is 0 Å². The number of fused-ring (bicyclic) bond motifs is 1. The van der Waals surface area contributed by atoms with Crippen LogP contribution in [0.15, 0.2) is 24.4 Å². The van der Waals surface area contributed by atoms with Gasteiger partial charge in [0, 0.05) is 19.2 Å². The average Bonchev–Trinajstić information content (AvgIpc) is 2.87. The number of hydrogen-bond acceptors (Lipinski definition) is 4. The van der Waals surface area contributed by atoms with Crippen molar-refractivity contribution in [2.24, 2.45) is 0 Å². The fourth-order valence-corrected chi connectivity index (χ4v) is 1.80. The fourth-order valence-electron chi connectivity index (χ4n) is 1.80. The van der Waals surface area contributed by atoms with E-state index in [1.54, 1.807) is 16.7 Å². The highest BCUT2D eigenvalue weighted by molar-refractivity contribution is 5.80. The molecule has 0 radical (unpaired) electrons. The molecule has 0 saturated heterocycles. The number of ether oxygens (including phenoxy) is 1. The summed E-state index contributed by atoms with van der Waals surface area (Å²) in [6, 6.07) is 5.45. The number of nitrogens with one attached hydrogen (secondary N) is 1. The Labute approximate surface area is 124 Å². The van der Waals surface area contributed by atoms with Crippen molar-refractivity contribution in [3.63, 3.8) is 0 Å². The molecule has 120 valence electrons. The standard InChI is InChI=1S/C13H15F3N4O2/c1-9(22-8-13(14,15)16)12(21)17-6-5-11-19-18-10-4-2-3-7-20(10)11/h2-4,7,9H,5-6,8H2,1H3,(H,17,21)/t9-/m1/s1. The molecule has 0 aliphatic carbocycles. The third-order valence-corrected chi connectivity index (χ3v) is 2.90. The Hall–Kier alpha value is -2.16. The number of halogens is 3. The second-order valence-corrected chi connectivity index (χ2v) is 4.65. The van der Waals surface area contributed by atoms with Crippen LogP contribution in [0.2, 0.25) is 0 Å². The highest BCUT2D eigenvalue weighted by Crippen LogP contribution is 2.15. The molecule has 22 heavy (non-hydrogen) atoms. The molecular formula is C13H15F3N4O2. The van der Waals surface area contributed by atoms with Crippen LogP contribution < -0.4 is 5.32 Å². The van der Waals surface area contributed by atoms with Crippen molar-refractivity contribution in [3.05, 3.63) is 30.2 Å². The van der Waals surface area contributed by atoms with Gasteiger partial charge in [-0.05, 0) is 19.1 Å². The van der Waals surface area contributed by atoms with Crippen molar-refractivity contribution in [2.45, 2.75) is 25.6 Å². The molecule has 0 aliphatic rings. The summed E-state index contributed by atoms with van der Waals surface area (Å²) in [4.78, 5) is 11.6. The van der Waals surface area contributed by atoms with Crippen LogP contribution >= 0.6 is 0 Å². The van der Waals surface area contributed by atoms with Gasteiger partial charge in [-0.2, -0.15) is 13.2 Å². The number of alkyl halides is 3. The highest BCUT2D eigenvalue weighted by Gasteiger charge is 2.29. The molecule has 0 saturated carbocycles. The van der Waals surface area contributed by atoms with Crippen molar-refractivity contribution in [3.8, 4) is 0 Å². The van der Waals surface area contributed by atoms with E-state index in [1.807, 2.05) is 12.1 Å². The van der Waals surface area contributed by atoms with Gasteiger partial charge in [0.1, 0.15) is 18.5 Å². The minimum atomic E-state index is -4.45. The van der Waals surface area contributed by atoms with Gasteiger partial charge in [0.05, 0.1) is 0 Å². The second kappa shape index (κ2) is 6.73. The zero-order chi connectivity index (χ0) is 16.2. The molecule has 0 aliphatic heterocycles. The number of aromatic nitrogens is 3. The molecule has 9 heteroatoms. The molecule has 0 spiro atoms. The van der Waals surface area contributed by atoms with Gasteiger partial charge < -0.3 is 10.1 Å². The van der Waals surface area contributed by atoms with E-state index in [9.17, 15) is 18.0 Å². The molecule has 0 fully saturated rings. The van der Waals surface area contributed by atoms with Crippen molar-refractivity contribution in [2.75, 3.05) is 13.2 Å². The Balaban J connectivity index is 1.79. The number of carbonyl (C=O) groups excluding carboxylic acids is 1. The molecule has 1 N–H and O–H groups in total. The quantitative estimate of drug-likeness (QED) is 0.873. The summed E-state index contributed by atoms with van der Waals surface area (Å²) in [5, 5.41) is 10.5. The summed E-state index contributed by atoms with van der Waals surface area (Å²) < 4.78 is 42.2. The monoisotopic (exact) mass is 316 g/mol. The van der Waals surface area contributed by atoms with Gasteiger partial charge >= 0.3 is 6.18 Å². The van der Waals surface area contributed by atoms with Crippen LogP contribution in [0.4, 0.5) is 13.2 Å². The maximum absolute atomic E-state index is 12.0. The molecule has 1 amide bonds. The summed E-state index contributed by atoms with van der Waals surface area (Å²) in [5.41, 5.74) is 0.686. The predicted molar refractivity (Wildman–Crippen MR) is 71.2 cm³/mol. The van der Waals surface area contributed by atoms with Gasteiger partial charge in [0.25, 0.3) is 0 Å². The van der Waals surface area contributed by atoms with E-state index >= 15 is 0 Å². The van der Waals surface area contributed by atoms with Crippen LogP contribution in [0.3, 0.4) is 0 Å². The Morgan fingerprint density at radius 2 is 2.18 bits per heavy atom. The number of rotatable bonds is 6. The SMILES string of the molecule is C[C@@H](OCC(F)(F)F)C(=O)NCCc1nnc2ccccn12. The lowest BCUT2D eigenvalue weighted by atomic mass is 10.3. The van der Waals surface area contributed by atoms with Gasteiger partial charge in [-0.15, -0.1) is 10.2 Å². The van der Waals surface area contributed by atoms with Crippen LogP contribution in [-0.4, -0.2) is 45.9 Å². The number of pyridine rings is 1. The lowest BCUT2D eigenvalue weighted by molar-refractivity contribution is -0.185. The Kier molecular flexibility index (Phi) is 4.96. The smallest absolute Gasteiger partial charge is 0.359 e. The first kappa shape index (κ1) is 16.2. The van der Waals surface area contributed by atoms with Crippen molar-refractivity contribution < 1.29 is 22.7 Å². The molecule has 2 rings (SSSR count). The Morgan fingerprint density at radius 1 is 1.41 bits per heavy atom. The Bertz CT molecular complexity index is 641. The van der Waals surface area contributed by atoms with Crippen LogP contribution in [0.1, 0.15) is 12.7 Å². The summed E-state index contributed by atoms with van der Waals surface area (Å²) in [6.07, 6.45) is -3.42. The number of amides is 1. The molecule has 1 atom stereocenters. The van der Waals surface area contributed by atoms with Gasteiger partial charge in [-0.1, -0.05) is 6.07 Å². The zero-order valence-corrected chi connectivity index (χ0v) is 11.8. The van der Waals surface area contributed by atoms with Gasteiger partial charge in [-0.3, -0.25) is 9.20 Å². The van der Waals surface area contributed by atoms with Gasteiger partial charge in [0.15, 0.2) is 5.65 Å². The first-order valence-corrected chi connectivity index (χ1v) is 6.61. The minimum Gasteiger partial charge on any atom is -0.359 e. The molecule has 6 nitrogen and oxygen atoms in total. The summed E-state index contributed by atoms with van der Waals surface area (Å²) in [7, 11) is 0. The van der Waals surface area contributed by atoms with E-state index in [1.165, 1.54) is 6.92 Å². The van der Waals surface area contributed by atoms with Crippen molar-refractivity contribution in [1.29, 1.82) is 0 Å². The fraction of sp³-hybridized carbons (Fsp3) is 0.462. The number of nitrogens with zero attached hydrogens (tertiary/aromatic N) is 3. The van der Waals surface area contributed by atoms with Crippen LogP contribution in [0.5, 0.6) is 0 Å². The zero-order valence-electron chi connectivity index (χ0n) is 11.8. The minimum absolute atomic E-state index is 0.230. The first-order valence-electron chi connectivity index (χ1n) is 6.61. The number of hydrogen-bond donors (Lipinski definition) is 1. The van der Waals surface area contributed by atoms with E-state index in [0.717, 1.165) is 0 Å².